The van der Waals surface area contributed by atoms with E-state index in [0.29, 0.717) is 5.75 Å². The van der Waals surface area contributed by atoms with Crippen molar-refractivity contribution < 1.29 is 28.6 Å². The maximum Gasteiger partial charge on any atom is 0.408 e. The molecule has 0 aliphatic carbocycles. The Hall–Kier alpha value is -2.77. The molecule has 1 aromatic rings. The number of benzene rings is 1. The average Bonchev–Trinajstić information content (AvgIpc) is 2.58. The highest BCUT2D eigenvalue weighted by Gasteiger charge is 2.27. The van der Waals surface area contributed by atoms with Crippen LogP contribution < -0.4 is 15.4 Å². The quantitative estimate of drug-likeness (QED) is 0.700. The van der Waals surface area contributed by atoms with Gasteiger partial charge in [0.1, 0.15) is 23.4 Å². The summed E-state index contributed by atoms with van der Waals surface area (Å²) in [5.41, 5.74) is 0.0575. The normalized spacial score (nSPS) is 13.1. The molecular weight excluding hydrogens is 352 g/mol. The van der Waals surface area contributed by atoms with Crippen LogP contribution in [0.2, 0.25) is 0 Å². The van der Waals surface area contributed by atoms with Gasteiger partial charge in [0.2, 0.25) is 5.91 Å². The van der Waals surface area contributed by atoms with Crippen LogP contribution in [-0.4, -0.2) is 49.9 Å². The lowest BCUT2D eigenvalue weighted by Crippen LogP contribution is -2.52. The number of carbonyl (C=O) groups excluding carboxylic acids is 3. The van der Waals surface area contributed by atoms with Gasteiger partial charge in [-0.3, -0.25) is 4.79 Å². The zero-order valence-corrected chi connectivity index (χ0v) is 16.6. The highest BCUT2D eigenvalue weighted by atomic mass is 16.6. The van der Waals surface area contributed by atoms with Crippen LogP contribution in [0, 0.1) is 0 Å². The topological polar surface area (TPSA) is 103 Å². The van der Waals surface area contributed by atoms with Gasteiger partial charge < -0.3 is 24.8 Å². The summed E-state index contributed by atoms with van der Waals surface area (Å²) in [6, 6.07) is 5.34. The van der Waals surface area contributed by atoms with Gasteiger partial charge >= 0.3 is 12.1 Å². The van der Waals surface area contributed by atoms with E-state index >= 15 is 0 Å². The molecule has 0 aliphatic rings. The van der Waals surface area contributed by atoms with Gasteiger partial charge in [-0.05, 0) is 39.3 Å². The second-order valence-corrected chi connectivity index (χ2v) is 6.97. The Morgan fingerprint density at radius 2 is 1.70 bits per heavy atom. The number of ether oxygens (including phenoxy) is 3. The molecular formula is C19H28N2O6. The van der Waals surface area contributed by atoms with E-state index in [4.69, 9.17) is 14.2 Å². The minimum atomic E-state index is -0.929. The number of para-hydroxylation sites is 1. The number of amides is 2. The van der Waals surface area contributed by atoms with Crippen LogP contribution in [0.15, 0.2) is 24.3 Å². The molecule has 0 aromatic heterocycles. The number of rotatable bonds is 7. The molecule has 8 nitrogen and oxygen atoms in total. The van der Waals surface area contributed by atoms with Crippen LogP contribution in [0.4, 0.5) is 4.79 Å². The van der Waals surface area contributed by atoms with Gasteiger partial charge in [0.05, 0.1) is 14.2 Å². The van der Waals surface area contributed by atoms with Crippen molar-refractivity contribution >= 4 is 18.0 Å². The van der Waals surface area contributed by atoms with Crippen LogP contribution in [0.3, 0.4) is 0 Å². The SMILES string of the molecule is COC(=O)[C@H](Cc1ccccc1OC)NC(=O)[C@@H](C)NC(=O)OC(C)(C)C. The lowest BCUT2D eigenvalue weighted by atomic mass is 10.0. The molecule has 0 saturated carbocycles. The number of esters is 1. The van der Waals surface area contributed by atoms with Crippen LogP contribution in [0.1, 0.15) is 33.3 Å². The van der Waals surface area contributed by atoms with E-state index in [2.05, 4.69) is 10.6 Å². The van der Waals surface area contributed by atoms with Crippen molar-refractivity contribution in [2.45, 2.75) is 51.8 Å². The standard InChI is InChI=1S/C19H28N2O6/c1-12(20-18(24)27-19(2,3)4)16(22)21-14(17(23)26-6)11-13-9-7-8-10-15(13)25-5/h7-10,12,14H,11H2,1-6H3,(H,20,24)(H,21,22)/t12-,14+/m1/s1. The smallest absolute Gasteiger partial charge is 0.408 e. The van der Waals surface area contributed by atoms with Crippen molar-refractivity contribution in [2.24, 2.45) is 0 Å². The number of nitrogens with one attached hydrogen (secondary N) is 2. The Bertz CT molecular complexity index is 668. The Balaban J connectivity index is 2.80. The first-order valence-electron chi connectivity index (χ1n) is 8.57. The Kier molecular flexibility index (Phi) is 8.08. The molecule has 2 N–H and O–H groups in total. The summed E-state index contributed by atoms with van der Waals surface area (Å²) in [5, 5.41) is 5.03. The fourth-order valence-corrected chi connectivity index (χ4v) is 2.27. The predicted octanol–water partition coefficient (Wildman–Crippen LogP) is 1.81. The fourth-order valence-electron chi connectivity index (χ4n) is 2.27. The predicted molar refractivity (Wildman–Crippen MR) is 99.5 cm³/mol. The van der Waals surface area contributed by atoms with Crippen LogP contribution in [0.25, 0.3) is 0 Å². The minimum absolute atomic E-state index is 0.182. The number of hydrogen-bond acceptors (Lipinski definition) is 6. The molecule has 2 amide bonds. The lowest BCUT2D eigenvalue weighted by molar-refractivity contribution is -0.145. The van der Waals surface area contributed by atoms with E-state index in [1.807, 2.05) is 0 Å². The van der Waals surface area contributed by atoms with Crippen LogP contribution in [-0.2, 0) is 25.5 Å². The molecule has 0 fully saturated rings. The van der Waals surface area contributed by atoms with Crippen molar-refractivity contribution in [1.29, 1.82) is 0 Å². The third-order valence-electron chi connectivity index (χ3n) is 3.55. The summed E-state index contributed by atoms with van der Waals surface area (Å²) in [4.78, 5) is 36.3. The molecule has 1 aromatic carbocycles. The highest BCUT2D eigenvalue weighted by Crippen LogP contribution is 2.19. The van der Waals surface area contributed by atoms with Crippen molar-refractivity contribution in [3.05, 3.63) is 29.8 Å². The molecule has 0 aliphatic heterocycles. The summed E-state index contributed by atoms with van der Waals surface area (Å²) in [6.07, 6.45) is -0.536. The summed E-state index contributed by atoms with van der Waals surface area (Å²) in [7, 11) is 2.77. The minimum Gasteiger partial charge on any atom is -0.496 e. The third kappa shape index (κ3) is 7.55. The fraction of sp³-hybridized carbons (Fsp3) is 0.526. The second kappa shape index (κ2) is 9.80. The Labute approximate surface area is 159 Å². The molecule has 8 heteroatoms. The van der Waals surface area contributed by atoms with Crippen molar-refractivity contribution in [3.8, 4) is 5.75 Å². The summed E-state index contributed by atoms with van der Waals surface area (Å²) >= 11 is 0. The van der Waals surface area contributed by atoms with Crippen molar-refractivity contribution in [3.63, 3.8) is 0 Å². The maximum atomic E-state index is 12.4. The molecule has 2 atom stereocenters. The van der Waals surface area contributed by atoms with E-state index in [0.717, 1.165) is 5.56 Å². The lowest BCUT2D eigenvalue weighted by Gasteiger charge is -2.23. The van der Waals surface area contributed by atoms with Gasteiger partial charge in [-0.25, -0.2) is 9.59 Å². The molecule has 0 bridgehead atoms. The van der Waals surface area contributed by atoms with E-state index in [9.17, 15) is 14.4 Å². The first-order valence-corrected chi connectivity index (χ1v) is 8.57. The molecule has 0 unspecified atom stereocenters. The van der Waals surface area contributed by atoms with Crippen molar-refractivity contribution in [1.82, 2.24) is 10.6 Å². The third-order valence-corrected chi connectivity index (χ3v) is 3.55. The highest BCUT2D eigenvalue weighted by molar-refractivity contribution is 5.89. The second-order valence-electron chi connectivity index (χ2n) is 6.97. The number of hydrogen-bond donors (Lipinski definition) is 2. The molecule has 1 rings (SSSR count). The van der Waals surface area contributed by atoms with E-state index in [1.54, 1.807) is 45.0 Å². The first-order chi connectivity index (χ1) is 12.6. The molecule has 0 saturated heterocycles. The average molecular weight is 380 g/mol. The van der Waals surface area contributed by atoms with E-state index < -0.39 is 35.7 Å². The Morgan fingerprint density at radius 1 is 1.07 bits per heavy atom. The first kappa shape index (κ1) is 22.3. The maximum absolute atomic E-state index is 12.4. The van der Waals surface area contributed by atoms with Crippen molar-refractivity contribution in [2.75, 3.05) is 14.2 Å². The van der Waals surface area contributed by atoms with E-state index in [1.165, 1.54) is 21.1 Å². The summed E-state index contributed by atoms with van der Waals surface area (Å²) in [6.45, 7) is 6.66. The van der Waals surface area contributed by atoms with Crippen LogP contribution in [0.5, 0.6) is 5.75 Å². The van der Waals surface area contributed by atoms with Gasteiger partial charge in [-0.15, -0.1) is 0 Å². The zero-order valence-electron chi connectivity index (χ0n) is 16.6. The Morgan fingerprint density at radius 3 is 2.26 bits per heavy atom. The van der Waals surface area contributed by atoms with Gasteiger partial charge in [0.15, 0.2) is 0 Å². The van der Waals surface area contributed by atoms with Gasteiger partial charge in [-0.1, -0.05) is 18.2 Å². The summed E-state index contributed by atoms with van der Waals surface area (Å²) in [5.74, 6) is -0.537. The molecule has 27 heavy (non-hydrogen) atoms. The van der Waals surface area contributed by atoms with Gasteiger partial charge in [0.25, 0.3) is 0 Å². The zero-order chi connectivity index (χ0) is 20.6. The number of alkyl carbamates (subject to hydrolysis) is 1. The number of methoxy groups -OCH3 is 2. The summed E-state index contributed by atoms with van der Waals surface area (Å²) < 4.78 is 15.2. The monoisotopic (exact) mass is 380 g/mol. The largest absolute Gasteiger partial charge is 0.496 e. The molecule has 150 valence electrons. The van der Waals surface area contributed by atoms with E-state index in [-0.39, 0.29) is 6.42 Å². The molecule has 0 spiro atoms. The molecule has 0 radical (unpaired) electrons. The van der Waals surface area contributed by atoms with Gasteiger partial charge in [0, 0.05) is 6.42 Å². The molecule has 0 heterocycles. The number of carbonyl (C=O) groups is 3. The van der Waals surface area contributed by atoms with Gasteiger partial charge in [-0.2, -0.15) is 0 Å². The van der Waals surface area contributed by atoms with Crippen LogP contribution >= 0.6 is 0 Å².